The van der Waals surface area contributed by atoms with Crippen LogP contribution in [0.5, 0.6) is 0 Å². The molecule has 276 valence electrons. The van der Waals surface area contributed by atoms with Gasteiger partial charge in [0.1, 0.15) is 73.2 Å². The molecule has 0 amide bonds. The van der Waals surface area contributed by atoms with Gasteiger partial charge in [0.2, 0.25) is 10.0 Å². The Kier molecular flexibility index (Phi) is 14.5. The van der Waals surface area contributed by atoms with Gasteiger partial charge in [0, 0.05) is 13.2 Å². The Morgan fingerprint density at radius 3 is 2.00 bits per heavy atom. The van der Waals surface area contributed by atoms with Crippen molar-refractivity contribution >= 4 is 10.0 Å². The van der Waals surface area contributed by atoms with Crippen molar-refractivity contribution < 1.29 is 82.8 Å². The predicted molar refractivity (Wildman–Crippen MR) is 160 cm³/mol. The highest BCUT2D eigenvalue weighted by Gasteiger charge is 2.51. The van der Waals surface area contributed by atoms with Gasteiger partial charge in [-0.25, -0.2) is 13.1 Å². The lowest BCUT2D eigenvalue weighted by Gasteiger charge is -2.46. The molecule has 3 aliphatic rings. The van der Waals surface area contributed by atoms with E-state index in [0.29, 0.717) is 5.56 Å². The summed E-state index contributed by atoms with van der Waals surface area (Å²) in [6, 6.07) is 8.68. The van der Waals surface area contributed by atoms with Gasteiger partial charge in [-0.15, -0.1) is 0 Å². The van der Waals surface area contributed by atoms with Crippen LogP contribution < -0.4 is 4.72 Å². The van der Waals surface area contributed by atoms with E-state index in [4.69, 9.17) is 28.4 Å². The Bertz CT molecular complexity index is 1210. The summed E-state index contributed by atoms with van der Waals surface area (Å²) in [5.41, 5.74) is 0.639. The molecule has 15 unspecified atom stereocenters. The Morgan fingerprint density at radius 2 is 1.33 bits per heavy atom. The van der Waals surface area contributed by atoms with Crippen molar-refractivity contribution in [2.24, 2.45) is 0 Å². The quantitative estimate of drug-likeness (QED) is 0.0762. The highest BCUT2D eigenvalue weighted by molar-refractivity contribution is 7.88. The topological polar surface area (TPSA) is 284 Å². The molecule has 10 N–H and O–H groups in total. The van der Waals surface area contributed by atoms with Gasteiger partial charge in [0.05, 0.1) is 31.7 Å². The Hall–Kier alpha value is -1.47. The standard InChI is InChI=1S/C29H47NO17S/c1-14-19(32)27(47-29-26(39)23(36)20(33)16(10-31)45-29)22(35)18(44-14)12-43-28-25(38)24(37)21(34)17(46-28)11-42-9-5-8-30-48(40,41)13-15-6-3-2-4-7-15/h2-4,6-7,14,16-39H,5,8-13H2,1H3. The number of ether oxygens (including phenoxy) is 6. The van der Waals surface area contributed by atoms with Crippen molar-refractivity contribution in [1.29, 1.82) is 0 Å². The van der Waals surface area contributed by atoms with Gasteiger partial charge in [0.15, 0.2) is 12.6 Å². The number of aliphatic hydroxyl groups excluding tert-OH is 9. The molecule has 0 saturated carbocycles. The molecule has 0 radical (unpaired) electrons. The third-order valence-electron chi connectivity index (χ3n) is 8.43. The van der Waals surface area contributed by atoms with Crippen LogP contribution in [0.3, 0.4) is 0 Å². The maximum Gasteiger partial charge on any atom is 0.215 e. The van der Waals surface area contributed by atoms with Crippen LogP contribution in [0.4, 0.5) is 0 Å². The Morgan fingerprint density at radius 1 is 0.729 bits per heavy atom. The zero-order valence-corrected chi connectivity index (χ0v) is 27.0. The number of hydrogen-bond donors (Lipinski definition) is 10. The summed E-state index contributed by atoms with van der Waals surface area (Å²) in [6.45, 7) is 0.178. The Labute approximate surface area is 277 Å². The minimum atomic E-state index is -3.56. The number of aliphatic hydroxyl groups is 9. The molecule has 15 atom stereocenters. The van der Waals surface area contributed by atoms with Crippen molar-refractivity contribution in [1.82, 2.24) is 4.72 Å². The van der Waals surface area contributed by atoms with Crippen LogP contribution in [-0.4, -0.2) is 179 Å². The monoisotopic (exact) mass is 713 g/mol. The van der Waals surface area contributed by atoms with E-state index in [-0.39, 0.29) is 31.9 Å². The largest absolute Gasteiger partial charge is 0.394 e. The molecule has 3 fully saturated rings. The molecule has 1 aromatic rings. The van der Waals surface area contributed by atoms with Gasteiger partial charge >= 0.3 is 0 Å². The second-order valence-corrected chi connectivity index (χ2v) is 13.9. The zero-order valence-electron chi connectivity index (χ0n) is 26.2. The van der Waals surface area contributed by atoms with E-state index in [9.17, 15) is 54.4 Å². The third kappa shape index (κ3) is 9.86. The van der Waals surface area contributed by atoms with E-state index < -0.39 is 115 Å². The Balaban J connectivity index is 1.25. The van der Waals surface area contributed by atoms with E-state index in [1.54, 1.807) is 30.3 Å². The molecule has 0 bridgehead atoms. The van der Waals surface area contributed by atoms with Gasteiger partial charge in [-0.05, 0) is 18.9 Å². The maximum atomic E-state index is 12.3. The van der Waals surface area contributed by atoms with Gasteiger partial charge in [-0.2, -0.15) is 0 Å². The molecule has 3 heterocycles. The van der Waals surface area contributed by atoms with Gasteiger partial charge in [0.25, 0.3) is 0 Å². The van der Waals surface area contributed by atoms with E-state index in [0.717, 1.165) is 0 Å². The van der Waals surface area contributed by atoms with E-state index >= 15 is 0 Å². The van der Waals surface area contributed by atoms with E-state index in [2.05, 4.69) is 4.72 Å². The highest BCUT2D eigenvalue weighted by Crippen LogP contribution is 2.30. The molecule has 19 heteroatoms. The van der Waals surface area contributed by atoms with Crippen molar-refractivity contribution in [2.75, 3.05) is 33.0 Å². The highest BCUT2D eigenvalue weighted by atomic mass is 32.2. The van der Waals surface area contributed by atoms with E-state index in [1.807, 2.05) is 0 Å². The average molecular weight is 714 g/mol. The first-order valence-electron chi connectivity index (χ1n) is 15.6. The summed E-state index contributed by atoms with van der Waals surface area (Å²) >= 11 is 0. The lowest BCUT2D eigenvalue weighted by Crippen LogP contribution is -2.64. The molecular weight excluding hydrogens is 666 g/mol. The first-order chi connectivity index (χ1) is 22.7. The third-order valence-corrected chi connectivity index (χ3v) is 9.78. The van der Waals surface area contributed by atoms with Gasteiger partial charge in [-0.3, -0.25) is 0 Å². The van der Waals surface area contributed by atoms with Crippen LogP contribution >= 0.6 is 0 Å². The fourth-order valence-electron chi connectivity index (χ4n) is 5.58. The second-order valence-electron chi connectivity index (χ2n) is 12.1. The van der Waals surface area contributed by atoms with Gasteiger partial charge < -0.3 is 74.4 Å². The normalized spacial score (nSPS) is 40.9. The molecule has 0 aromatic heterocycles. The lowest BCUT2D eigenvalue weighted by molar-refractivity contribution is -0.346. The van der Waals surface area contributed by atoms with Crippen LogP contribution in [0, 0.1) is 0 Å². The van der Waals surface area contributed by atoms with Crippen molar-refractivity contribution in [3.63, 3.8) is 0 Å². The second kappa shape index (κ2) is 17.6. The lowest BCUT2D eigenvalue weighted by atomic mass is 9.94. The summed E-state index contributed by atoms with van der Waals surface area (Å²) in [6.07, 6.45) is -22.3. The molecule has 18 nitrogen and oxygen atoms in total. The molecule has 3 saturated heterocycles. The van der Waals surface area contributed by atoms with Crippen LogP contribution in [0.15, 0.2) is 30.3 Å². The number of sulfonamides is 1. The SMILES string of the molecule is CC1OC(COC2OC(COCCCNS(=O)(=O)Cc3ccccc3)C(O)C(O)C2O)C(O)C(OC2OC(CO)C(O)C(O)C2O)C1O. The molecule has 3 aliphatic heterocycles. The molecule has 0 aliphatic carbocycles. The number of nitrogens with one attached hydrogen (secondary N) is 1. The van der Waals surface area contributed by atoms with E-state index in [1.165, 1.54) is 6.92 Å². The van der Waals surface area contributed by atoms with Crippen molar-refractivity contribution in [3.05, 3.63) is 35.9 Å². The zero-order chi connectivity index (χ0) is 35.2. The number of hydrogen-bond acceptors (Lipinski definition) is 17. The summed E-state index contributed by atoms with van der Waals surface area (Å²) in [5.74, 6) is -0.174. The van der Waals surface area contributed by atoms with Crippen molar-refractivity contribution in [3.8, 4) is 0 Å². The minimum Gasteiger partial charge on any atom is -0.394 e. The first kappa shape index (κ1) is 39.3. The maximum absolute atomic E-state index is 12.3. The summed E-state index contributed by atoms with van der Waals surface area (Å²) in [4.78, 5) is 0. The molecule has 1 aromatic carbocycles. The van der Waals surface area contributed by atoms with Crippen LogP contribution in [-0.2, 0) is 44.2 Å². The molecular formula is C29H47NO17S. The first-order valence-corrected chi connectivity index (χ1v) is 17.3. The fourth-order valence-corrected chi connectivity index (χ4v) is 6.77. The van der Waals surface area contributed by atoms with Crippen LogP contribution in [0.1, 0.15) is 18.9 Å². The summed E-state index contributed by atoms with van der Waals surface area (Å²) in [5, 5.41) is 92.8. The molecule has 4 rings (SSSR count). The van der Waals surface area contributed by atoms with Gasteiger partial charge in [-0.1, -0.05) is 30.3 Å². The van der Waals surface area contributed by atoms with Crippen LogP contribution in [0.2, 0.25) is 0 Å². The molecule has 48 heavy (non-hydrogen) atoms. The minimum absolute atomic E-state index is 0.0722. The smallest absolute Gasteiger partial charge is 0.215 e. The summed E-state index contributed by atoms with van der Waals surface area (Å²) < 4.78 is 60.3. The number of benzene rings is 1. The summed E-state index contributed by atoms with van der Waals surface area (Å²) in [7, 11) is -3.56. The fraction of sp³-hybridized carbons (Fsp3) is 0.793. The predicted octanol–water partition coefficient (Wildman–Crippen LogP) is -4.97. The number of rotatable bonds is 15. The van der Waals surface area contributed by atoms with Crippen LogP contribution in [0.25, 0.3) is 0 Å². The molecule has 0 spiro atoms. The average Bonchev–Trinajstić information content (AvgIpc) is 3.06. The van der Waals surface area contributed by atoms with Crippen molar-refractivity contribution in [2.45, 2.75) is 111 Å².